The summed E-state index contributed by atoms with van der Waals surface area (Å²) in [6, 6.07) is 4.86. The van der Waals surface area contributed by atoms with Crippen LogP contribution in [-0.4, -0.2) is 51.0 Å². The van der Waals surface area contributed by atoms with Gasteiger partial charge in [0.2, 0.25) is 0 Å². The van der Waals surface area contributed by atoms with Crippen LogP contribution >= 0.6 is 0 Å². The van der Waals surface area contributed by atoms with Crippen LogP contribution in [0.15, 0.2) is 24.3 Å². The van der Waals surface area contributed by atoms with Crippen molar-refractivity contribution in [3.8, 4) is 11.5 Å². The third kappa shape index (κ3) is 1.49. The Hall–Kier alpha value is -1.52. The number of piperidine rings is 1. The molecule has 4 nitrogen and oxygen atoms in total. The molecule has 5 atom stereocenters. The largest absolute Gasteiger partial charge is 0.493 e. The van der Waals surface area contributed by atoms with Crippen LogP contribution in [0.25, 0.3) is 0 Å². The minimum Gasteiger partial charge on any atom is -0.493 e. The van der Waals surface area contributed by atoms with E-state index in [-0.39, 0.29) is 17.6 Å². The van der Waals surface area contributed by atoms with E-state index in [2.05, 4.69) is 36.2 Å². The lowest BCUT2D eigenvalue weighted by Gasteiger charge is -2.56. The molecule has 1 aromatic rings. The molecule has 0 N–H and O–H groups in total. The maximum Gasteiger partial charge on any atom is 0.165 e. The van der Waals surface area contributed by atoms with Gasteiger partial charge in [0.1, 0.15) is 12.2 Å². The molecule has 0 saturated carbocycles. The molecule has 23 heavy (non-hydrogen) atoms. The fraction of sp³-hybridized carbons (Fsp3) is 0.579. The van der Waals surface area contributed by atoms with Gasteiger partial charge in [0.25, 0.3) is 0 Å². The van der Waals surface area contributed by atoms with Gasteiger partial charge < -0.3 is 19.1 Å². The highest BCUT2D eigenvalue weighted by molar-refractivity contribution is 5.62. The molecule has 5 rings (SSSR count). The van der Waals surface area contributed by atoms with Gasteiger partial charge in [-0.05, 0) is 38.1 Å². The Morgan fingerprint density at radius 2 is 2.13 bits per heavy atom. The van der Waals surface area contributed by atoms with Gasteiger partial charge in [0.05, 0.1) is 7.11 Å². The molecule has 2 heterocycles. The molecular formula is C19H23NO3. The van der Waals surface area contributed by atoms with E-state index in [1.807, 2.05) is 0 Å². The lowest BCUT2D eigenvalue weighted by atomic mass is 9.53. The third-order valence-electron chi connectivity index (χ3n) is 6.61. The standard InChI is InChI=1S/C19H23NO3/c1-20-9-8-19-12-5-7-15(22-3)18(19)23-17-14(21-2)6-4-11(16(17)19)10-13(12)20/h4-7,12-13,15,18H,8-10H2,1-3H3/t12-,13+,15-,18-,19-/m1/s1. The van der Waals surface area contributed by atoms with Crippen LogP contribution in [0.2, 0.25) is 0 Å². The predicted octanol–water partition coefficient (Wildman–Crippen LogP) is 2.16. The van der Waals surface area contributed by atoms with Crippen molar-refractivity contribution in [3.63, 3.8) is 0 Å². The summed E-state index contributed by atoms with van der Waals surface area (Å²) < 4.78 is 17.9. The summed E-state index contributed by atoms with van der Waals surface area (Å²) in [4.78, 5) is 2.52. The summed E-state index contributed by atoms with van der Waals surface area (Å²) in [6.07, 6.45) is 6.89. The number of rotatable bonds is 2. The Morgan fingerprint density at radius 3 is 2.91 bits per heavy atom. The lowest BCUT2D eigenvalue weighted by Crippen LogP contribution is -2.65. The van der Waals surface area contributed by atoms with Crippen LogP contribution in [-0.2, 0) is 16.6 Å². The minimum absolute atomic E-state index is 0.0124. The van der Waals surface area contributed by atoms with Crippen molar-refractivity contribution in [2.45, 2.75) is 36.5 Å². The normalized spacial score (nSPS) is 39.8. The molecule has 122 valence electrons. The van der Waals surface area contributed by atoms with Crippen molar-refractivity contribution < 1.29 is 14.2 Å². The molecular weight excluding hydrogens is 290 g/mol. The molecule has 0 amide bonds. The molecule has 0 unspecified atom stereocenters. The van der Waals surface area contributed by atoms with E-state index in [1.165, 1.54) is 11.1 Å². The predicted molar refractivity (Wildman–Crippen MR) is 87.3 cm³/mol. The Bertz CT molecular complexity index is 700. The molecule has 0 radical (unpaired) electrons. The Kier molecular flexibility index (Phi) is 2.73. The summed E-state index contributed by atoms with van der Waals surface area (Å²) in [5.41, 5.74) is 2.88. The number of benzene rings is 1. The molecule has 2 aliphatic carbocycles. The minimum atomic E-state index is 0.0124. The maximum atomic E-state index is 6.52. The average molecular weight is 313 g/mol. The Balaban J connectivity index is 1.80. The van der Waals surface area contributed by atoms with Crippen LogP contribution in [0.4, 0.5) is 0 Å². The van der Waals surface area contributed by atoms with Crippen LogP contribution in [0.1, 0.15) is 17.5 Å². The lowest BCUT2D eigenvalue weighted by molar-refractivity contribution is -0.0581. The van der Waals surface area contributed by atoms with Gasteiger partial charge in [-0.3, -0.25) is 0 Å². The van der Waals surface area contributed by atoms with Crippen LogP contribution in [0.5, 0.6) is 11.5 Å². The van der Waals surface area contributed by atoms with Crippen LogP contribution in [0.3, 0.4) is 0 Å². The van der Waals surface area contributed by atoms with E-state index in [0.717, 1.165) is 30.9 Å². The molecule has 2 bridgehead atoms. The first-order valence-electron chi connectivity index (χ1n) is 8.49. The smallest absolute Gasteiger partial charge is 0.165 e. The SMILES string of the molecule is COc1ccc2c3c1O[C@@H]1[C@H](OC)C=C[C@@H]4[C@H](C2)N(C)CC[C@]341. The summed E-state index contributed by atoms with van der Waals surface area (Å²) >= 11 is 0. The third-order valence-corrected chi connectivity index (χ3v) is 6.61. The highest BCUT2D eigenvalue weighted by atomic mass is 16.6. The van der Waals surface area contributed by atoms with Crippen molar-refractivity contribution in [1.29, 1.82) is 0 Å². The van der Waals surface area contributed by atoms with Crippen molar-refractivity contribution in [2.75, 3.05) is 27.8 Å². The van der Waals surface area contributed by atoms with E-state index in [4.69, 9.17) is 14.2 Å². The molecule has 4 heteroatoms. The number of hydrogen-bond acceptors (Lipinski definition) is 4. The molecule has 1 fully saturated rings. The summed E-state index contributed by atoms with van der Waals surface area (Å²) in [6.45, 7) is 1.11. The van der Waals surface area contributed by atoms with E-state index in [9.17, 15) is 0 Å². The molecule has 1 saturated heterocycles. The van der Waals surface area contributed by atoms with Crippen molar-refractivity contribution in [3.05, 3.63) is 35.4 Å². The zero-order valence-electron chi connectivity index (χ0n) is 13.9. The first-order valence-corrected chi connectivity index (χ1v) is 8.49. The van der Waals surface area contributed by atoms with E-state index >= 15 is 0 Å². The molecule has 1 aromatic carbocycles. The van der Waals surface area contributed by atoms with Crippen molar-refractivity contribution in [1.82, 2.24) is 4.90 Å². The quantitative estimate of drug-likeness (QED) is 0.783. The van der Waals surface area contributed by atoms with E-state index in [1.54, 1.807) is 14.2 Å². The topological polar surface area (TPSA) is 30.9 Å². The first kappa shape index (κ1) is 13.9. The zero-order valence-corrected chi connectivity index (χ0v) is 13.9. The fourth-order valence-corrected chi connectivity index (χ4v) is 5.57. The van der Waals surface area contributed by atoms with Crippen molar-refractivity contribution in [2.24, 2.45) is 5.92 Å². The zero-order chi connectivity index (χ0) is 15.8. The van der Waals surface area contributed by atoms with Gasteiger partial charge in [-0.25, -0.2) is 0 Å². The second-order valence-corrected chi connectivity index (χ2v) is 7.32. The summed E-state index contributed by atoms with van der Waals surface area (Å²) in [5.74, 6) is 2.32. The van der Waals surface area contributed by atoms with Crippen molar-refractivity contribution >= 4 is 0 Å². The van der Waals surface area contributed by atoms with E-state index in [0.29, 0.717) is 12.0 Å². The average Bonchev–Trinajstić information content (AvgIpc) is 2.92. The second-order valence-electron chi connectivity index (χ2n) is 7.32. The Morgan fingerprint density at radius 1 is 1.26 bits per heavy atom. The number of hydrogen-bond donors (Lipinski definition) is 0. The second kappa shape index (κ2) is 4.52. The van der Waals surface area contributed by atoms with Gasteiger partial charge >= 0.3 is 0 Å². The number of likely N-dealkylation sites (N-methyl/N-ethyl adjacent to an activating group) is 1. The Labute approximate surface area is 137 Å². The fourth-order valence-electron chi connectivity index (χ4n) is 5.57. The molecule has 4 aliphatic rings. The van der Waals surface area contributed by atoms with E-state index < -0.39 is 0 Å². The molecule has 1 spiro atoms. The van der Waals surface area contributed by atoms with Gasteiger partial charge in [0, 0.05) is 30.0 Å². The summed E-state index contributed by atoms with van der Waals surface area (Å²) in [5, 5.41) is 0. The number of nitrogens with zero attached hydrogens (tertiary/aromatic N) is 1. The van der Waals surface area contributed by atoms with Gasteiger partial charge in [-0.15, -0.1) is 0 Å². The number of likely N-dealkylation sites (tertiary alicyclic amines) is 1. The number of methoxy groups -OCH3 is 2. The van der Waals surface area contributed by atoms with Gasteiger partial charge in [0.15, 0.2) is 11.5 Å². The van der Waals surface area contributed by atoms with Gasteiger partial charge in [-0.1, -0.05) is 18.2 Å². The molecule has 2 aliphatic heterocycles. The highest BCUT2D eigenvalue weighted by Gasteiger charge is 2.64. The highest BCUT2D eigenvalue weighted by Crippen LogP contribution is 2.62. The van der Waals surface area contributed by atoms with Crippen LogP contribution < -0.4 is 9.47 Å². The maximum absolute atomic E-state index is 6.52. The monoisotopic (exact) mass is 313 g/mol. The van der Waals surface area contributed by atoms with Crippen LogP contribution in [0, 0.1) is 5.92 Å². The first-order chi connectivity index (χ1) is 11.2. The summed E-state index contributed by atoms with van der Waals surface area (Å²) in [7, 11) is 5.77. The number of ether oxygens (including phenoxy) is 3. The van der Waals surface area contributed by atoms with Gasteiger partial charge in [-0.2, -0.15) is 0 Å². The molecule has 0 aromatic heterocycles.